The van der Waals surface area contributed by atoms with Crippen molar-refractivity contribution in [1.29, 1.82) is 0 Å². The van der Waals surface area contributed by atoms with Gasteiger partial charge in [0.25, 0.3) is 0 Å². The molecular formula is C12H18N2O3S. The van der Waals surface area contributed by atoms with Gasteiger partial charge in [0, 0.05) is 18.8 Å². The number of anilines is 1. The third-order valence-electron chi connectivity index (χ3n) is 3.21. The number of aliphatic hydroxyl groups excluding tert-OH is 1. The van der Waals surface area contributed by atoms with E-state index in [9.17, 15) is 13.5 Å². The van der Waals surface area contributed by atoms with Crippen molar-refractivity contribution in [2.75, 3.05) is 18.8 Å². The topological polar surface area (TPSA) is 83.6 Å². The molecule has 3 N–H and O–H groups in total. The van der Waals surface area contributed by atoms with Crippen molar-refractivity contribution < 1.29 is 13.5 Å². The molecule has 100 valence electrons. The molecule has 18 heavy (non-hydrogen) atoms. The van der Waals surface area contributed by atoms with E-state index in [1.165, 1.54) is 4.31 Å². The molecule has 1 atom stereocenters. The van der Waals surface area contributed by atoms with E-state index in [4.69, 9.17) is 5.73 Å². The predicted octanol–water partition coefficient (Wildman–Crippen LogP) is 0.641. The van der Waals surface area contributed by atoms with Crippen LogP contribution in [0.25, 0.3) is 0 Å². The number of aryl methyl sites for hydroxylation is 2. The summed E-state index contributed by atoms with van der Waals surface area (Å²) in [6.45, 7) is 4.02. The summed E-state index contributed by atoms with van der Waals surface area (Å²) < 4.78 is 26.4. The summed E-state index contributed by atoms with van der Waals surface area (Å²) >= 11 is 0. The summed E-state index contributed by atoms with van der Waals surface area (Å²) in [5.41, 5.74) is 7.55. The van der Waals surface area contributed by atoms with E-state index in [0.717, 1.165) is 0 Å². The van der Waals surface area contributed by atoms with Gasteiger partial charge in [0.2, 0.25) is 10.0 Å². The first-order valence-corrected chi connectivity index (χ1v) is 7.31. The average Bonchev–Trinajstić information content (AvgIpc) is 2.63. The van der Waals surface area contributed by atoms with Gasteiger partial charge in [-0.25, -0.2) is 8.42 Å². The van der Waals surface area contributed by atoms with Crippen LogP contribution in [0, 0.1) is 13.8 Å². The van der Waals surface area contributed by atoms with Crippen LogP contribution in [0.15, 0.2) is 17.0 Å². The zero-order valence-electron chi connectivity index (χ0n) is 10.5. The molecule has 1 fully saturated rings. The number of nitrogen functional groups attached to an aromatic ring is 1. The molecule has 0 saturated carbocycles. The zero-order valence-corrected chi connectivity index (χ0v) is 11.4. The van der Waals surface area contributed by atoms with Crippen LogP contribution in [0.3, 0.4) is 0 Å². The van der Waals surface area contributed by atoms with Gasteiger partial charge in [-0.2, -0.15) is 4.31 Å². The van der Waals surface area contributed by atoms with Crippen LogP contribution in [0.4, 0.5) is 5.69 Å². The highest BCUT2D eigenvalue weighted by atomic mass is 32.2. The first kappa shape index (κ1) is 13.3. The largest absolute Gasteiger partial charge is 0.399 e. The maximum Gasteiger partial charge on any atom is 0.243 e. The molecule has 1 saturated heterocycles. The third-order valence-corrected chi connectivity index (χ3v) is 5.38. The normalized spacial score (nSPS) is 21.4. The van der Waals surface area contributed by atoms with Gasteiger partial charge in [-0.15, -0.1) is 0 Å². The van der Waals surface area contributed by atoms with Gasteiger partial charge in [-0.3, -0.25) is 0 Å². The number of benzene rings is 1. The Labute approximate surface area is 107 Å². The Balaban J connectivity index is 2.48. The molecule has 0 spiro atoms. The van der Waals surface area contributed by atoms with E-state index in [1.54, 1.807) is 26.0 Å². The third kappa shape index (κ3) is 2.23. The maximum absolute atomic E-state index is 12.5. The number of sulfonamides is 1. The lowest BCUT2D eigenvalue weighted by atomic mass is 10.1. The summed E-state index contributed by atoms with van der Waals surface area (Å²) in [5.74, 6) is 0. The van der Waals surface area contributed by atoms with Crippen molar-refractivity contribution in [3.8, 4) is 0 Å². The Morgan fingerprint density at radius 2 is 1.89 bits per heavy atom. The smallest absolute Gasteiger partial charge is 0.243 e. The first-order chi connectivity index (χ1) is 8.32. The molecule has 0 unspecified atom stereocenters. The predicted molar refractivity (Wildman–Crippen MR) is 69.7 cm³/mol. The van der Waals surface area contributed by atoms with Gasteiger partial charge in [0.15, 0.2) is 0 Å². The lowest BCUT2D eigenvalue weighted by molar-refractivity contribution is 0.189. The van der Waals surface area contributed by atoms with Crippen LogP contribution < -0.4 is 5.73 Å². The molecule has 1 heterocycles. The van der Waals surface area contributed by atoms with Gasteiger partial charge < -0.3 is 10.8 Å². The molecule has 0 bridgehead atoms. The standard InChI is InChI=1S/C12H18N2O3S/c1-8-5-10(13)6-9(2)12(8)18(16,17)14-4-3-11(15)7-14/h5-6,11,15H,3-4,7,13H2,1-2H3/t11-/m1/s1. The van der Waals surface area contributed by atoms with Gasteiger partial charge >= 0.3 is 0 Å². The van der Waals surface area contributed by atoms with E-state index < -0.39 is 16.1 Å². The van der Waals surface area contributed by atoms with Crippen molar-refractivity contribution in [2.24, 2.45) is 0 Å². The Morgan fingerprint density at radius 1 is 1.33 bits per heavy atom. The van der Waals surface area contributed by atoms with Crippen molar-refractivity contribution in [3.05, 3.63) is 23.3 Å². The van der Waals surface area contributed by atoms with E-state index in [0.29, 0.717) is 34.7 Å². The van der Waals surface area contributed by atoms with Gasteiger partial charge in [-0.1, -0.05) is 0 Å². The first-order valence-electron chi connectivity index (χ1n) is 5.87. The summed E-state index contributed by atoms with van der Waals surface area (Å²) in [5, 5.41) is 9.47. The molecule has 1 aliphatic heterocycles. The molecule has 1 aromatic rings. The van der Waals surface area contributed by atoms with Gasteiger partial charge in [0.1, 0.15) is 0 Å². The van der Waals surface area contributed by atoms with Crippen LogP contribution in [-0.4, -0.2) is 37.0 Å². The van der Waals surface area contributed by atoms with Crippen molar-refractivity contribution >= 4 is 15.7 Å². The zero-order chi connectivity index (χ0) is 13.5. The van der Waals surface area contributed by atoms with Crippen LogP contribution in [-0.2, 0) is 10.0 Å². The fourth-order valence-corrected chi connectivity index (χ4v) is 4.35. The van der Waals surface area contributed by atoms with Crippen molar-refractivity contribution in [2.45, 2.75) is 31.3 Å². The minimum Gasteiger partial charge on any atom is -0.399 e. The van der Waals surface area contributed by atoms with Crippen LogP contribution in [0.1, 0.15) is 17.5 Å². The number of aliphatic hydroxyl groups is 1. The second kappa shape index (κ2) is 4.53. The summed E-state index contributed by atoms with van der Waals surface area (Å²) in [6.07, 6.45) is -0.0686. The van der Waals surface area contributed by atoms with Crippen LogP contribution >= 0.6 is 0 Å². The van der Waals surface area contributed by atoms with Gasteiger partial charge in [0.05, 0.1) is 11.0 Å². The molecule has 0 aromatic heterocycles. The van der Waals surface area contributed by atoms with Crippen LogP contribution in [0.2, 0.25) is 0 Å². The molecule has 0 aliphatic carbocycles. The summed E-state index contributed by atoms with van der Waals surface area (Å²) in [4.78, 5) is 0.311. The Morgan fingerprint density at radius 3 is 2.33 bits per heavy atom. The number of rotatable bonds is 2. The second-order valence-corrected chi connectivity index (χ2v) is 6.66. The number of hydrogen-bond acceptors (Lipinski definition) is 4. The minimum atomic E-state index is -3.53. The highest BCUT2D eigenvalue weighted by molar-refractivity contribution is 7.89. The number of β-amino-alcohol motifs (C(OH)–C–C–N with tert-alkyl or cyclic N) is 1. The Hall–Kier alpha value is -1.11. The quantitative estimate of drug-likeness (QED) is 0.773. The molecule has 0 amide bonds. The molecule has 6 heteroatoms. The number of nitrogens with two attached hydrogens (primary N) is 1. The van der Waals surface area contributed by atoms with Crippen molar-refractivity contribution in [3.63, 3.8) is 0 Å². The molecule has 0 radical (unpaired) electrons. The van der Waals surface area contributed by atoms with E-state index in [-0.39, 0.29) is 6.54 Å². The minimum absolute atomic E-state index is 0.172. The molecule has 2 rings (SSSR count). The van der Waals surface area contributed by atoms with Gasteiger partial charge in [-0.05, 0) is 43.5 Å². The maximum atomic E-state index is 12.5. The number of nitrogens with zero attached hydrogens (tertiary/aromatic N) is 1. The Kier molecular flexibility index (Phi) is 3.35. The summed E-state index contributed by atoms with van der Waals surface area (Å²) in [7, 11) is -3.53. The van der Waals surface area contributed by atoms with E-state index in [2.05, 4.69) is 0 Å². The summed E-state index contributed by atoms with van der Waals surface area (Å²) in [6, 6.07) is 3.32. The Bertz CT molecular complexity index is 546. The fourth-order valence-electron chi connectivity index (χ4n) is 2.45. The second-order valence-electron chi connectivity index (χ2n) is 4.79. The fraction of sp³-hybridized carbons (Fsp3) is 0.500. The SMILES string of the molecule is Cc1cc(N)cc(C)c1S(=O)(=O)N1CC[C@@H](O)C1. The van der Waals surface area contributed by atoms with Crippen LogP contribution in [0.5, 0.6) is 0 Å². The van der Waals surface area contributed by atoms with E-state index in [1.807, 2.05) is 0 Å². The molecule has 1 aliphatic rings. The molecule has 5 nitrogen and oxygen atoms in total. The lowest BCUT2D eigenvalue weighted by Crippen LogP contribution is -2.30. The molecule has 1 aromatic carbocycles. The van der Waals surface area contributed by atoms with Crippen molar-refractivity contribution in [1.82, 2.24) is 4.31 Å². The van der Waals surface area contributed by atoms with E-state index >= 15 is 0 Å². The highest BCUT2D eigenvalue weighted by Crippen LogP contribution is 2.28. The highest BCUT2D eigenvalue weighted by Gasteiger charge is 2.33. The molecular weight excluding hydrogens is 252 g/mol. The number of hydrogen-bond donors (Lipinski definition) is 2. The lowest BCUT2D eigenvalue weighted by Gasteiger charge is -2.19. The average molecular weight is 270 g/mol. The monoisotopic (exact) mass is 270 g/mol.